The average molecular weight is 171 g/mol. The standard InChI is InChI=1S/C9H17NO2/c11-9(12)8-5-3-1-2-4-6-10-7-8/h8,10H,1-7H2,(H,11,12). The van der Waals surface area contributed by atoms with Gasteiger partial charge in [0.25, 0.3) is 0 Å². The van der Waals surface area contributed by atoms with E-state index >= 15 is 0 Å². The van der Waals surface area contributed by atoms with Gasteiger partial charge in [-0.15, -0.1) is 0 Å². The van der Waals surface area contributed by atoms with E-state index in [2.05, 4.69) is 5.32 Å². The Labute approximate surface area is 73.2 Å². The molecule has 1 saturated heterocycles. The molecule has 0 aromatic heterocycles. The van der Waals surface area contributed by atoms with Crippen LogP contribution in [0.25, 0.3) is 0 Å². The predicted molar refractivity (Wildman–Crippen MR) is 47.1 cm³/mol. The number of hydrogen-bond acceptors (Lipinski definition) is 2. The molecule has 0 amide bonds. The summed E-state index contributed by atoms with van der Waals surface area (Å²) in [5.41, 5.74) is 0. The van der Waals surface area contributed by atoms with Crippen molar-refractivity contribution < 1.29 is 9.90 Å². The summed E-state index contributed by atoms with van der Waals surface area (Å²) in [6.45, 7) is 1.62. The van der Waals surface area contributed by atoms with Crippen molar-refractivity contribution in [3.8, 4) is 0 Å². The van der Waals surface area contributed by atoms with Gasteiger partial charge < -0.3 is 10.4 Å². The largest absolute Gasteiger partial charge is 0.481 e. The van der Waals surface area contributed by atoms with Gasteiger partial charge in [0.05, 0.1) is 5.92 Å². The maximum absolute atomic E-state index is 10.7. The molecular weight excluding hydrogens is 154 g/mol. The van der Waals surface area contributed by atoms with E-state index in [-0.39, 0.29) is 5.92 Å². The van der Waals surface area contributed by atoms with Crippen molar-refractivity contribution >= 4 is 5.97 Å². The van der Waals surface area contributed by atoms with Crippen LogP contribution in [-0.2, 0) is 4.79 Å². The molecule has 1 aliphatic heterocycles. The van der Waals surface area contributed by atoms with Crippen molar-refractivity contribution in [1.82, 2.24) is 5.32 Å². The van der Waals surface area contributed by atoms with Gasteiger partial charge >= 0.3 is 5.97 Å². The summed E-state index contributed by atoms with van der Waals surface area (Å²) in [6, 6.07) is 0. The Kier molecular flexibility index (Phi) is 4.08. The van der Waals surface area contributed by atoms with Gasteiger partial charge in [-0.3, -0.25) is 4.79 Å². The second kappa shape index (κ2) is 5.14. The third kappa shape index (κ3) is 3.22. The normalized spacial score (nSPS) is 26.8. The summed E-state index contributed by atoms with van der Waals surface area (Å²) in [5.74, 6) is -0.812. The highest BCUT2D eigenvalue weighted by Gasteiger charge is 2.16. The van der Waals surface area contributed by atoms with Crippen LogP contribution in [-0.4, -0.2) is 24.2 Å². The Morgan fingerprint density at radius 2 is 2.00 bits per heavy atom. The molecule has 70 valence electrons. The molecule has 0 saturated carbocycles. The molecule has 0 aromatic carbocycles. The third-order valence-electron chi connectivity index (χ3n) is 2.40. The maximum atomic E-state index is 10.7. The molecule has 1 unspecified atom stereocenters. The number of hydrogen-bond donors (Lipinski definition) is 2. The Hall–Kier alpha value is -0.570. The highest BCUT2D eigenvalue weighted by atomic mass is 16.4. The SMILES string of the molecule is O=C(O)C1CCCCCCNC1. The van der Waals surface area contributed by atoms with E-state index in [1.165, 1.54) is 19.3 Å². The molecule has 3 nitrogen and oxygen atoms in total. The number of carboxylic acid groups (broad SMARTS) is 1. The molecule has 0 bridgehead atoms. The minimum Gasteiger partial charge on any atom is -0.481 e. The molecule has 1 rings (SSSR count). The van der Waals surface area contributed by atoms with E-state index in [1.807, 2.05) is 0 Å². The van der Waals surface area contributed by atoms with Crippen molar-refractivity contribution in [3.63, 3.8) is 0 Å². The first-order valence-corrected chi connectivity index (χ1v) is 4.74. The van der Waals surface area contributed by atoms with E-state index < -0.39 is 5.97 Å². The van der Waals surface area contributed by atoms with Crippen LogP contribution < -0.4 is 5.32 Å². The monoisotopic (exact) mass is 171 g/mol. The lowest BCUT2D eigenvalue weighted by Crippen LogP contribution is -2.28. The fourth-order valence-electron chi connectivity index (χ4n) is 1.58. The van der Waals surface area contributed by atoms with Crippen LogP contribution in [0.15, 0.2) is 0 Å². The summed E-state index contributed by atoms with van der Waals surface area (Å²) in [6.07, 6.45) is 5.51. The van der Waals surface area contributed by atoms with Crippen LogP contribution in [0, 0.1) is 5.92 Å². The van der Waals surface area contributed by atoms with Gasteiger partial charge in [0.15, 0.2) is 0 Å². The second-order valence-corrected chi connectivity index (χ2v) is 3.44. The quantitative estimate of drug-likeness (QED) is 0.624. The molecular formula is C9H17NO2. The zero-order valence-corrected chi connectivity index (χ0v) is 7.38. The fraction of sp³-hybridized carbons (Fsp3) is 0.889. The van der Waals surface area contributed by atoms with Crippen molar-refractivity contribution in [2.45, 2.75) is 32.1 Å². The zero-order valence-electron chi connectivity index (χ0n) is 7.38. The van der Waals surface area contributed by atoms with Crippen LogP contribution in [0.2, 0.25) is 0 Å². The Morgan fingerprint density at radius 1 is 1.25 bits per heavy atom. The van der Waals surface area contributed by atoms with Gasteiger partial charge in [-0.1, -0.05) is 19.3 Å². The molecule has 1 aliphatic rings. The van der Waals surface area contributed by atoms with E-state index in [9.17, 15) is 4.79 Å². The van der Waals surface area contributed by atoms with Crippen LogP contribution in [0.3, 0.4) is 0 Å². The van der Waals surface area contributed by atoms with Gasteiger partial charge in [0.1, 0.15) is 0 Å². The second-order valence-electron chi connectivity index (χ2n) is 3.44. The number of carbonyl (C=O) groups is 1. The van der Waals surface area contributed by atoms with E-state index in [1.54, 1.807) is 0 Å². The third-order valence-corrected chi connectivity index (χ3v) is 2.40. The average Bonchev–Trinajstić information content (AvgIpc) is 2.15. The minimum atomic E-state index is -0.649. The van der Waals surface area contributed by atoms with Gasteiger partial charge in [0.2, 0.25) is 0 Å². The zero-order chi connectivity index (χ0) is 8.81. The first-order chi connectivity index (χ1) is 5.80. The summed E-state index contributed by atoms with van der Waals surface area (Å²) >= 11 is 0. The van der Waals surface area contributed by atoms with Crippen LogP contribution in [0.4, 0.5) is 0 Å². The summed E-state index contributed by atoms with van der Waals surface area (Å²) in [5, 5.41) is 12.0. The first-order valence-electron chi connectivity index (χ1n) is 4.74. The highest BCUT2D eigenvalue weighted by Crippen LogP contribution is 2.12. The number of nitrogens with one attached hydrogen (secondary N) is 1. The van der Waals surface area contributed by atoms with Gasteiger partial charge in [-0.2, -0.15) is 0 Å². The molecule has 0 spiro atoms. The molecule has 3 heteroatoms. The van der Waals surface area contributed by atoms with E-state index in [0.717, 1.165) is 19.4 Å². The molecule has 12 heavy (non-hydrogen) atoms. The Morgan fingerprint density at radius 3 is 2.75 bits per heavy atom. The number of aliphatic carboxylic acids is 1. The molecule has 0 aliphatic carbocycles. The Balaban J connectivity index is 2.33. The summed E-state index contributed by atoms with van der Waals surface area (Å²) in [4.78, 5) is 10.7. The minimum absolute atomic E-state index is 0.164. The van der Waals surface area contributed by atoms with Gasteiger partial charge in [-0.25, -0.2) is 0 Å². The summed E-state index contributed by atoms with van der Waals surface area (Å²) < 4.78 is 0. The Bertz CT molecular complexity index is 137. The maximum Gasteiger partial charge on any atom is 0.307 e. The van der Waals surface area contributed by atoms with Crippen LogP contribution >= 0.6 is 0 Å². The number of rotatable bonds is 1. The topological polar surface area (TPSA) is 49.3 Å². The summed E-state index contributed by atoms with van der Waals surface area (Å²) in [7, 11) is 0. The molecule has 1 heterocycles. The van der Waals surface area contributed by atoms with Gasteiger partial charge in [0, 0.05) is 6.54 Å². The highest BCUT2D eigenvalue weighted by molar-refractivity contribution is 5.70. The van der Waals surface area contributed by atoms with Gasteiger partial charge in [-0.05, 0) is 19.4 Å². The smallest absolute Gasteiger partial charge is 0.307 e. The van der Waals surface area contributed by atoms with Crippen molar-refractivity contribution in [1.29, 1.82) is 0 Å². The van der Waals surface area contributed by atoms with E-state index in [0.29, 0.717) is 6.54 Å². The molecule has 1 atom stereocenters. The van der Waals surface area contributed by atoms with E-state index in [4.69, 9.17) is 5.11 Å². The first kappa shape index (κ1) is 9.52. The van der Waals surface area contributed by atoms with Crippen LogP contribution in [0.5, 0.6) is 0 Å². The van der Waals surface area contributed by atoms with Crippen molar-refractivity contribution in [2.24, 2.45) is 5.92 Å². The van der Waals surface area contributed by atoms with Crippen molar-refractivity contribution in [3.05, 3.63) is 0 Å². The van der Waals surface area contributed by atoms with Crippen LogP contribution in [0.1, 0.15) is 32.1 Å². The fourth-order valence-corrected chi connectivity index (χ4v) is 1.58. The lowest BCUT2D eigenvalue weighted by Gasteiger charge is -2.10. The molecule has 1 fully saturated rings. The molecule has 0 aromatic rings. The predicted octanol–water partition coefficient (Wildman–Crippen LogP) is 1.24. The molecule has 0 radical (unpaired) electrons. The van der Waals surface area contributed by atoms with Crippen molar-refractivity contribution in [2.75, 3.05) is 13.1 Å². The number of carboxylic acids is 1. The lowest BCUT2D eigenvalue weighted by atomic mass is 10.0. The lowest BCUT2D eigenvalue weighted by molar-refractivity contribution is -0.141. The molecule has 2 N–H and O–H groups in total.